The number of nitrogens with zero attached hydrogens (tertiary/aromatic N) is 4. The first kappa shape index (κ1) is 13.0. The van der Waals surface area contributed by atoms with Crippen molar-refractivity contribution in [1.29, 1.82) is 0 Å². The van der Waals surface area contributed by atoms with Gasteiger partial charge in [0.2, 0.25) is 5.95 Å². The van der Waals surface area contributed by atoms with Crippen molar-refractivity contribution in [3.8, 4) is 0 Å². The van der Waals surface area contributed by atoms with Crippen LogP contribution < -0.4 is 16.0 Å². The Kier molecular flexibility index (Phi) is 3.11. The molecular weight excluding hydrogens is 282 g/mol. The van der Waals surface area contributed by atoms with Gasteiger partial charge < -0.3 is 16.0 Å². The third-order valence-electron chi connectivity index (χ3n) is 3.66. The summed E-state index contributed by atoms with van der Waals surface area (Å²) in [5.74, 6) is 1.98. The predicted molar refractivity (Wildman–Crippen MR) is 83.2 cm³/mol. The van der Waals surface area contributed by atoms with E-state index in [1.165, 1.54) is 0 Å². The van der Waals surface area contributed by atoms with Crippen LogP contribution in [0.2, 0.25) is 0 Å². The molecule has 4 rings (SSSR count). The van der Waals surface area contributed by atoms with Crippen molar-refractivity contribution in [2.45, 2.75) is 19.4 Å². The molecule has 1 aliphatic rings. The molecule has 9 heteroatoms. The lowest BCUT2D eigenvalue weighted by Crippen LogP contribution is -2.23. The van der Waals surface area contributed by atoms with Crippen LogP contribution in [0.25, 0.3) is 11.0 Å². The van der Waals surface area contributed by atoms with Gasteiger partial charge in [-0.25, -0.2) is 0 Å². The molecule has 0 aromatic carbocycles. The van der Waals surface area contributed by atoms with E-state index in [-0.39, 0.29) is 0 Å². The Balaban J connectivity index is 1.67. The minimum Gasteiger partial charge on any atom is -0.350 e. The van der Waals surface area contributed by atoms with E-state index in [0.717, 1.165) is 30.6 Å². The molecule has 22 heavy (non-hydrogen) atoms. The second-order valence-electron chi connectivity index (χ2n) is 5.42. The van der Waals surface area contributed by atoms with Gasteiger partial charge in [0.15, 0.2) is 11.5 Å². The topological polar surface area (TPSA) is 119 Å². The zero-order valence-corrected chi connectivity index (χ0v) is 12.1. The third kappa shape index (κ3) is 2.46. The van der Waals surface area contributed by atoms with Gasteiger partial charge in [-0.3, -0.25) is 10.2 Å². The summed E-state index contributed by atoms with van der Waals surface area (Å²) in [5, 5.41) is 24.7. The number of fused-ring (bicyclic) bond motifs is 1. The average molecular weight is 299 g/mol. The summed E-state index contributed by atoms with van der Waals surface area (Å²) in [6.45, 7) is 3.89. The average Bonchev–Trinajstić information content (AvgIpc) is 3.21. The molecule has 0 amide bonds. The molecule has 9 nitrogen and oxygen atoms in total. The van der Waals surface area contributed by atoms with Gasteiger partial charge in [-0.15, -0.1) is 0 Å². The lowest BCUT2D eigenvalue weighted by atomic mass is 10.3. The fraction of sp³-hybridized carbons (Fsp3) is 0.385. The number of aryl methyl sites for hydroxylation is 1. The van der Waals surface area contributed by atoms with Gasteiger partial charge in [0.1, 0.15) is 5.82 Å². The highest BCUT2D eigenvalue weighted by Crippen LogP contribution is 2.23. The van der Waals surface area contributed by atoms with Crippen LogP contribution in [-0.2, 0) is 0 Å². The van der Waals surface area contributed by atoms with E-state index < -0.39 is 0 Å². The van der Waals surface area contributed by atoms with E-state index in [1.54, 1.807) is 6.20 Å². The second kappa shape index (κ2) is 5.26. The van der Waals surface area contributed by atoms with E-state index in [9.17, 15) is 0 Å². The maximum atomic E-state index is 4.57. The van der Waals surface area contributed by atoms with Gasteiger partial charge >= 0.3 is 0 Å². The number of rotatable bonds is 4. The first-order valence-electron chi connectivity index (χ1n) is 7.25. The molecular formula is C13H17N9. The lowest BCUT2D eigenvalue weighted by molar-refractivity contribution is 0.782. The summed E-state index contributed by atoms with van der Waals surface area (Å²) in [5.41, 5.74) is 1.67. The fourth-order valence-electron chi connectivity index (χ4n) is 2.56. The molecule has 3 aromatic heterocycles. The summed E-state index contributed by atoms with van der Waals surface area (Å²) in [6.07, 6.45) is 2.77. The van der Waals surface area contributed by atoms with Gasteiger partial charge in [-0.05, 0) is 19.9 Å². The number of hydrogen-bond acceptors (Lipinski definition) is 7. The van der Waals surface area contributed by atoms with E-state index in [0.29, 0.717) is 29.3 Å². The zero-order chi connectivity index (χ0) is 14.9. The zero-order valence-electron chi connectivity index (χ0n) is 12.1. The summed E-state index contributed by atoms with van der Waals surface area (Å²) < 4.78 is 0. The molecule has 114 valence electrons. The lowest BCUT2D eigenvalue weighted by Gasteiger charge is -2.12. The summed E-state index contributed by atoms with van der Waals surface area (Å²) >= 11 is 0. The molecule has 1 saturated heterocycles. The molecule has 1 fully saturated rings. The first-order valence-corrected chi connectivity index (χ1v) is 7.25. The van der Waals surface area contributed by atoms with E-state index in [4.69, 9.17) is 0 Å². The Morgan fingerprint density at radius 1 is 1.27 bits per heavy atom. The third-order valence-corrected chi connectivity index (χ3v) is 3.66. The number of aromatic nitrogens is 6. The molecule has 0 saturated carbocycles. The van der Waals surface area contributed by atoms with Gasteiger partial charge in [0.25, 0.3) is 0 Å². The van der Waals surface area contributed by atoms with Gasteiger partial charge in [0.05, 0.1) is 11.6 Å². The molecule has 1 unspecified atom stereocenters. The molecule has 3 aromatic rings. The normalized spacial score (nSPS) is 18.0. The molecule has 0 radical (unpaired) electrons. The van der Waals surface area contributed by atoms with Crippen molar-refractivity contribution in [3.05, 3.63) is 18.0 Å². The SMILES string of the molecule is Cc1cc(Nc2nc(NC3CCNC3)nc3[nH]ncc23)n[nH]1. The van der Waals surface area contributed by atoms with Crippen molar-refractivity contribution >= 4 is 28.6 Å². The number of hydrogen-bond donors (Lipinski definition) is 5. The van der Waals surface area contributed by atoms with Crippen LogP contribution in [0.15, 0.2) is 12.3 Å². The number of aromatic amines is 2. The monoisotopic (exact) mass is 299 g/mol. The molecule has 1 aliphatic heterocycles. The summed E-state index contributed by atoms with van der Waals surface area (Å²) in [6, 6.07) is 2.27. The van der Waals surface area contributed by atoms with Crippen LogP contribution in [0.4, 0.5) is 17.6 Å². The van der Waals surface area contributed by atoms with Crippen molar-refractivity contribution in [3.63, 3.8) is 0 Å². The van der Waals surface area contributed by atoms with Crippen molar-refractivity contribution in [2.24, 2.45) is 0 Å². The molecule has 0 bridgehead atoms. The quantitative estimate of drug-likeness (QED) is 0.485. The van der Waals surface area contributed by atoms with Crippen LogP contribution in [0, 0.1) is 6.92 Å². The predicted octanol–water partition coefficient (Wildman–Crippen LogP) is 0.902. The minimum atomic E-state index is 0.348. The Labute approximate surface area is 126 Å². The largest absolute Gasteiger partial charge is 0.350 e. The summed E-state index contributed by atoms with van der Waals surface area (Å²) in [4.78, 5) is 9.04. The minimum absolute atomic E-state index is 0.348. The number of H-pyrrole nitrogens is 2. The van der Waals surface area contributed by atoms with Crippen LogP contribution in [0.5, 0.6) is 0 Å². The van der Waals surface area contributed by atoms with Crippen molar-refractivity contribution in [2.75, 3.05) is 23.7 Å². The standard InChI is InChI=1S/C13H17N9/c1-7-4-10(21-20-7)17-11-9-6-15-22-12(9)19-13(18-11)16-8-2-3-14-5-8/h4,6,8,14H,2-3,5H2,1H3,(H4,15,16,17,18,19,20,21,22). The van der Waals surface area contributed by atoms with Crippen molar-refractivity contribution in [1.82, 2.24) is 35.7 Å². The number of anilines is 3. The number of nitrogens with one attached hydrogen (secondary N) is 5. The Morgan fingerprint density at radius 2 is 2.23 bits per heavy atom. The highest BCUT2D eigenvalue weighted by Gasteiger charge is 2.17. The van der Waals surface area contributed by atoms with E-state index in [1.807, 2.05) is 13.0 Å². The highest BCUT2D eigenvalue weighted by molar-refractivity contribution is 5.88. The van der Waals surface area contributed by atoms with Gasteiger partial charge in [0, 0.05) is 24.3 Å². The smallest absolute Gasteiger partial charge is 0.226 e. The molecule has 0 spiro atoms. The van der Waals surface area contributed by atoms with Gasteiger partial charge in [-0.1, -0.05) is 0 Å². The molecule has 5 N–H and O–H groups in total. The van der Waals surface area contributed by atoms with E-state index >= 15 is 0 Å². The Hall–Kier alpha value is -2.68. The van der Waals surface area contributed by atoms with Crippen LogP contribution in [-0.4, -0.2) is 49.5 Å². The molecule has 0 aliphatic carbocycles. The maximum absolute atomic E-state index is 4.57. The summed E-state index contributed by atoms with van der Waals surface area (Å²) in [7, 11) is 0. The van der Waals surface area contributed by atoms with E-state index in [2.05, 4.69) is 46.3 Å². The van der Waals surface area contributed by atoms with Crippen LogP contribution in [0.3, 0.4) is 0 Å². The van der Waals surface area contributed by atoms with Crippen molar-refractivity contribution < 1.29 is 0 Å². The second-order valence-corrected chi connectivity index (χ2v) is 5.42. The van der Waals surface area contributed by atoms with Crippen LogP contribution in [0.1, 0.15) is 12.1 Å². The molecule has 1 atom stereocenters. The molecule has 4 heterocycles. The van der Waals surface area contributed by atoms with Crippen LogP contribution >= 0.6 is 0 Å². The van der Waals surface area contributed by atoms with Gasteiger partial charge in [-0.2, -0.15) is 20.2 Å². The maximum Gasteiger partial charge on any atom is 0.226 e. The Morgan fingerprint density at radius 3 is 3.00 bits per heavy atom. The Bertz CT molecular complexity index is 784. The fourth-order valence-corrected chi connectivity index (χ4v) is 2.56. The highest BCUT2D eigenvalue weighted by atomic mass is 15.2. The first-order chi connectivity index (χ1) is 10.8.